The molecule has 1 heterocycles. The molecule has 1 aromatic carbocycles. The predicted octanol–water partition coefficient (Wildman–Crippen LogP) is 4.57. The zero-order chi connectivity index (χ0) is 13.7. The van der Waals surface area contributed by atoms with Crippen LogP contribution in [0.4, 0.5) is 4.39 Å². The minimum Gasteiger partial charge on any atom is -0.314 e. The van der Waals surface area contributed by atoms with Crippen LogP contribution in [0.25, 0.3) is 0 Å². The molecule has 1 atom stereocenters. The largest absolute Gasteiger partial charge is 0.314 e. The maximum atomic E-state index is 13.6. The van der Waals surface area contributed by atoms with Crippen molar-refractivity contribution in [1.82, 2.24) is 10.2 Å². The van der Waals surface area contributed by atoms with Crippen molar-refractivity contribution in [1.29, 1.82) is 0 Å². The zero-order valence-corrected chi connectivity index (χ0v) is 15.5. The minimum atomic E-state index is -0.152. The van der Waals surface area contributed by atoms with Crippen LogP contribution in [-0.4, -0.2) is 31.1 Å². The van der Waals surface area contributed by atoms with Crippen LogP contribution in [-0.2, 0) is 0 Å². The Morgan fingerprint density at radius 2 is 1.90 bits per heavy atom. The minimum absolute atomic E-state index is 0. The second-order valence-electron chi connectivity index (χ2n) is 5.15. The van der Waals surface area contributed by atoms with Crippen LogP contribution in [0, 0.1) is 5.82 Å². The van der Waals surface area contributed by atoms with Crippen LogP contribution in [0.1, 0.15) is 37.8 Å². The van der Waals surface area contributed by atoms with Crippen LogP contribution in [0.2, 0.25) is 0 Å². The Balaban J connectivity index is 0.00000200. The lowest BCUT2D eigenvalue weighted by atomic mass is 9.98. The molecule has 0 bridgehead atoms. The third-order valence-corrected chi connectivity index (χ3v) is 4.15. The van der Waals surface area contributed by atoms with E-state index >= 15 is 0 Å². The van der Waals surface area contributed by atoms with Gasteiger partial charge in [0.25, 0.3) is 0 Å². The van der Waals surface area contributed by atoms with Gasteiger partial charge in [0.05, 0.1) is 0 Å². The van der Waals surface area contributed by atoms with E-state index in [-0.39, 0.29) is 30.6 Å². The number of nitrogens with one attached hydrogen (secondary N) is 1. The summed E-state index contributed by atoms with van der Waals surface area (Å²) < 4.78 is 14.4. The lowest BCUT2D eigenvalue weighted by molar-refractivity contribution is 0.163. The first-order chi connectivity index (χ1) is 9.20. The molecule has 1 aliphatic heterocycles. The third-order valence-electron chi connectivity index (χ3n) is 3.69. The van der Waals surface area contributed by atoms with Gasteiger partial charge in [0.2, 0.25) is 0 Å². The average molecular weight is 402 g/mol. The van der Waals surface area contributed by atoms with Crippen LogP contribution in [0.15, 0.2) is 22.7 Å². The standard InChI is InChI=1S/C15H22BrFN2.2ClH/c1-2-3-4-15(19-7-5-18-6-8-19)12-9-13(16)11-14(17)10-12;;/h9-11,15,18H,2-8H2,1H3;2*1H/t15-;;/m1../s1. The van der Waals surface area contributed by atoms with Gasteiger partial charge in [0, 0.05) is 36.7 Å². The topological polar surface area (TPSA) is 15.3 Å². The maximum Gasteiger partial charge on any atom is 0.124 e. The van der Waals surface area contributed by atoms with E-state index in [1.807, 2.05) is 0 Å². The van der Waals surface area contributed by atoms with Crippen molar-refractivity contribution in [2.45, 2.75) is 32.2 Å². The van der Waals surface area contributed by atoms with Gasteiger partial charge in [0.15, 0.2) is 0 Å². The van der Waals surface area contributed by atoms with Gasteiger partial charge in [-0.15, -0.1) is 24.8 Å². The van der Waals surface area contributed by atoms with Gasteiger partial charge in [-0.2, -0.15) is 0 Å². The molecule has 2 rings (SSSR count). The zero-order valence-electron chi connectivity index (χ0n) is 12.3. The fourth-order valence-electron chi connectivity index (χ4n) is 2.72. The summed E-state index contributed by atoms with van der Waals surface area (Å²) in [6.07, 6.45) is 3.47. The molecule has 0 unspecified atom stereocenters. The molecule has 1 fully saturated rings. The molecular weight excluding hydrogens is 378 g/mol. The maximum absolute atomic E-state index is 13.6. The molecule has 1 N–H and O–H groups in total. The number of halogens is 4. The Kier molecular flexibility index (Phi) is 10.9. The third kappa shape index (κ3) is 6.41. The smallest absolute Gasteiger partial charge is 0.124 e. The molecule has 0 radical (unpaired) electrons. The highest BCUT2D eigenvalue weighted by Gasteiger charge is 2.22. The molecule has 0 amide bonds. The summed E-state index contributed by atoms with van der Waals surface area (Å²) in [5, 5.41) is 3.37. The number of unbranched alkanes of at least 4 members (excludes halogenated alkanes) is 1. The van der Waals surface area contributed by atoms with E-state index in [1.54, 1.807) is 6.07 Å². The fourth-order valence-corrected chi connectivity index (χ4v) is 3.20. The van der Waals surface area contributed by atoms with Crippen molar-refractivity contribution in [3.05, 3.63) is 34.1 Å². The predicted molar refractivity (Wildman–Crippen MR) is 95.3 cm³/mol. The molecule has 6 heteroatoms. The van der Waals surface area contributed by atoms with Gasteiger partial charge in [-0.1, -0.05) is 35.7 Å². The Labute approximate surface area is 147 Å². The Morgan fingerprint density at radius 1 is 1.24 bits per heavy atom. The summed E-state index contributed by atoms with van der Waals surface area (Å²) in [5.41, 5.74) is 1.10. The van der Waals surface area contributed by atoms with E-state index < -0.39 is 0 Å². The Bertz CT molecular complexity index is 394. The van der Waals surface area contributed by atoms with Gasteiger partial charge in [-0.25, -0.2) is 4.39 Å². The van der Waals surface area contributed by atoms with Crippen molar-refractivity contribution in [2.75, 3.05) is 26.2 Å². The average Bonchev–Trinajstić information content (AvgIpc) is 2.39. The number of hydrogen-bond acceptors (Lipinski definition) is 2. The number of nitrogens with zero attached hydrogens (tertiary/aromatic N) is 1. The van der Waals surface area contributed by atoms with Crippen molar-refractivity contribution in [2.24, 2.45) is 0 Å². The molecule has 0 aromatic heterocycles. The van der Waals surface area contributed by atoms with E-state index in [0.29, 0.717) is 6.04 Å². The quantitative estimate of drug-likeness (QED) is 0.777. The van der Waals surface area contributed by atoms with Crippen LogP contribution < -0.4 is 5.32 Å². The van der Waals surface area contributed by atoms with Crippen LogP contribution >= 0.6 is 40.7 Å². The van der Waals surface area contributed by atoms with Gasteiger partial charge in [-0.3, -0.25) is 4.90 Å². The summed E-state index contributed by atoms with van der Waals surface area (Å²) in [7, 11) is 0. The second kappa shape index (κ2) is 10.8. The highest BCUT2D eigenvalue weighted by Crippen LogP contribution is 2.29. The first-order valence-corrected chi connectivity index (χ1v) is 7.90. The van der Waals surface area contributed by atoms with Crippen LogP contribution in [0.3, 0.4) is 0 Å². The lowest BCUT2D eigenvalue weighted by Crippen LogP contribution is -2.45. The molecular formula is C15H24BrCl2FN2. The number of benzene rings is 1. The van der Waals surface area contributed by atoms with E-state index in [1.165, 1.54) is 18.9 Å². The number of piperazine rings is 1. The van der Waals surface area contributed by atoms with E-state index in [2.05, 4.69) is 39.1 Å². The molecule has 2 nitrogen and oxygen atoms in total. The molecule has 1 aromatic rings. The summed E-state index contributed by atoms with van der Waals surface area (Å²) in [6, 6.07) is 5.62. The summed E-state index contributed by atoms with van der Waals surface area (Å²) >= 11 is 3.40. The molecule has 1 aliphatic rings. The van der Waals surface area contributed by atoms with E-state index in [4.69, 9.17) is 0 Å². The Morgan fingerprint density at radius 3 is 2.48 bits per heavy atom. The first kappa shape index (κ1) is 21.1. The van der Waals surface area contributed by atoms with Crippen molar-refractivity contribution < 1.29 is 4.39 Å². The molecule has 122 valence electrons. The number of rotatable bonds is 5. The van der Waals surface area contributed by atoms with Gasteiger partial charge >= 0.3 is 0 Å². The summed E-state index contributed by atoms with van der Waals surface area (Å²) in [6.45, 7) is 6.35. The molecule has 0 spiro atoms. The molecule has 1 saturated heterocycles. The highest BCUT2D eigenvalue weighted by molar-refractivity contribution is 9.10. The van der Waals surface area contributed by atoms with Gasteiger partial charge < -0.3 is 5.32 Å². The number of hydrogen-bond donors (Lipinski definition) is 1. The van der Waals surface area contributed by atoms with Gasteiger partial charge in [-0.05, 0) is 30.2 Å². The summed E-state index contributed by atoms with van der Waals surface area (Å²) in [4.78, 5) is 2.48. The summed E-state index contributed by atoms with van der Waals surface area (Å²) in [5.74, 6) is -0.152. The van der Waals surface area contributed by atoms with E-state index in [9.17, 15) is 4.39 Å². The second-order valence-corrected chi connectivity index (χ2v) is 6.06. The monoisotopic (exact) mass is 400 g/mol. The first-order valence-electron chi connectivity index (χ1n) is 7.11. The normalized spacial score (nSPS) is 16.7. The van der Waals surface area contributed by atoms with Crippen molar-refractivity contribution >= 4 is 40.7 Å². The Hall–Kier alpha value is 0.130. The van der Waals surface area contributed by atoms with E-state index in [0.717, 1.165) is 42.6 Å². The van der Waals surface area contributed by atoms with Gasteiger partial charge in [0.1, 0.15) is 5.82 Å². The molecule has 0 aliphatic carbocycles. The molecule has 0 saturated carbocycles. The van der Waals surface area contributed by atoms with Crippen LogP contribution in [0.5, 0.6) is 0 Å². The SMILES string of the molecule is CCCC[C@H](c1cc(F)cc(Br)c1)N1CCNCC1.Cl.Cl. The lowest BCUT2D eigenvalue weighted by Gasteiger charge is -2.35. The molecule has 21 heavy (non-hydrogen) atoms. The van der Waals surface area contributed by atoms with Crippen molar-refractivity contribution in [3.63, 3.8) is 0 Å². The van der Waals surface area contributed by atoms with Crippen molar-refractivity contribution in [3.8, 4) is 0 Å². The highest BCUT2D eigenvalue weighted by atomic mass is 79.9. The fraction of sp³-hybridized carbons (Fsp3) is 0.600.